The highest BCUT2D eigenvalue weighted by Gasteiger charge is 2.01. The van der Waals surface area contributed by atoms with Crippen molar-refractivity contribution in [3.63, 3.8) is 0 Å². The minimum Gasteiger partial charge on any atom is -0.497 e. The molecule has 0 aliphatic carbocycles. The van der Waals surface area contributed by atoms with Crippen molar-refractivity contribution in [1.29, 1.82) is 0 Å². The second kappa shape index (κ2) is 4.81. The van der Waals surface area contributed by atoms with Gasteiger partial charge in [-0.2, -0.15) is 0 Å². The summed E-state index contributed by atoms with van der Waals surface area (Å²) in [7, 11) is 1.65. The maximum atomic E-state index is 9.09. The molecule has 0 spiro atoms. The number of methoxy groups -OCH3 is 1. The Morgan fingerprint density at radius 2 is 2.06 bits per heavy atom. The Bertz CT molecular complexity index is 448. The number of nitrogens with zero attached hydrogens (tertiary/aromatic N) is 2. The molecule has 0 amide bonds. The number of imidazole rings is 1. The van der Waals surface area contributed by atoms with Crippen LogP contribution in [0.4, 0.5) is 0 Å². The molecule has 0 unspecified atom stereocenters. The maximum absolute atomic E-state index is 9.09. The van der Waals surface area contributed by atoms with Gasteiger partial charge in [0.2, 0.25) is 0 Å². The maximum Gasteiger partial charge on any atom is 0.118 e. The number of hydrogen-bond donors (Lipinski definition) is 1. The Balaban J connectivity index is 2.14. The second-order valence-electron chi connectivity index (χ2n) is 3.52. The molecule has 1 heterocycles. The third kappa shape index (κ3) is 2.23. The number of aliphatic hydroxyl groups is 1. The van der Waals surface area contributed by atoms with E-state index in [1.165, 1.54) is 0 Å². The van der Waals surface area contributed by atoms with Crippen LogP contribution in [0.5, 0.6) is 5.75 Å². The highest BCUT2D eigenvalue weighted by atomic mass is 16.5. The number of ether oxygens (including phenoxy) is 1. The average molecular weight is 218 g/mol. The Hall–Kier alpha value is -1.81. The zero-order valence-corrected chi connectivity index (χ0v) is 9.13. The normalized spacial score (nSPS) is 10.4. The molecule has 4 heteroatoms. The molecule has 0 aliphatic heterocycles. The fourth-order valence-electron chi connectivity index (χ4n) is 1.55. The molecule has 84 valence electrons. The first-order chi connectivity index (χ1) is 7.83. The predicted octanol–water partition coefficient (Wildman–Crippen LogP) is 1.43. The molecule has 2 aromatic rings. The van der Waals surface area contributed by atoms with Crippen LogP contribution in [0.1, 0.15) is 11.3 Å². The van der Waals surface area contributed by atoms with Crippen molar-refractivity contribution in [2.45, 2.75) is 13.2 Å². The molecule has 1 aromatic heterocycles. The molecule has 0 fully saturated rings. The van der Waals surface area contributed by atoms with Crippen LogP contribution in [0, 0.1) is 0 Å². The first kappa shape index (κ1) is 10.7. The Morgan fingerprint density at radius 3 is 2.69 bits per heavy atom. The van der Waals surface area contributed by atoms with Gasteiger partial charge in [0.15, 0.2) is 0 Å². The van der Waals surface area contributed by atoms with Crippen LogP contribution in [0.2, 0.25) is 0 Å². The van der Waals surface area contributed by atoms with Crippen LogP contribution in [0.3, 0.4) is 0 Å². The minimum absolute atomic E-state index is 0.0101. The lowest BCUT2D eigenvalue weighted by molar-refractivity contribution is 0.271. The Kier molecular flexibility index (Phi) is 3.22. The van der Waals surface area contributed by atoms with Gasteiger partial charge in [-0.05, 0) is 17.7 Å². The summed E-state index contributed by atoms with van der Waals surface area (Å²) in [6, 6.07) is 7.84. The van der Waals surface area contributed by atoms with Crippen molar-refractivity contribution >= 4 is 0 Å². The van der Waals surface area contributed by atoms with Crippen LogP contribution in [-0.2, 0) is 13.2 Å². The number of hydrogen-bond acceptors (Lipinski definition) is 3. The van der Waals surface area contributed by atoms with Crippen LogP contribution in [-0.4, -0.2) is 21.8 Å². The molecule has 1 aromatic carbocycles. The van der Waals surface area contributed by atoms with Gasteiger partial charge in [-0.1, -0.05) is 12.1 Å². The van der Waals surface area contributed by atoms with Crippen molar-refractivity contribution in [2.24, 2.45) is 0 Å². The van der Waals surface area contributed by atoms with Gasteiger partial charge in [0, 0.05) is 6.54 Å². The fraction of sp³-hybridized carbons (Fsp3) is 0.250. The molecule has 0 saturated heterocycles. The summed E-state index contributed by atoms with van der Waals surface area (Å²) in [6.45, 7) is 0.718. The van der Waals surface area contributed by atoms with Gasteiger partial charge in [-0.15, -0.1) is 0 Å². The average Bonchev–Trinajstić information content (AvgIpc) is 2.77. The first-order valence-corrected chi connectivity index (χ1v) is 5.06. The highest BCUT2D eigenvalue weighted by molar-refractivity contribution is 5.27. The van der Waals surface area contributed by atoms with Crippen molar-refractivity contribution < 1.29 is 9.84 Å². The van der Waals surface area contributed by atoms with Crippen LogP contribution in [0.15, 0.2) is 36.8 Å². The van der Waals surface area contributed by atoms with Gasteiger partial charge in [-0.25, -0.2) is 4.98 Å². The number of rotatable bonds is 4. The minimum atomic E-state index is 0.0101. The molecule has 4 nitrogen and oxygen atoms in total. The van der Waals surface area contributed by atoms with Gasteiger partial charge >= 0.3 is 0 Å². The molecule has 2 rings (SSSR count). The molecule has 0 atom stereocenters. The van der Waals surface area contributed by atoms with Crippen molar-refractivity contribution in [3.8, 4) is 5.75 Å². The summed E-state index contributed by atoms with van der Waals surface area (Å²) in [5.41, 5.74) is 1.96. The largest absolute Gasteiger partial charge is 0.497 e. The van der Waals surface area contributed by atoms with E-state index in [-0.39, 0.29) is 6.61 Å². The van der Waals surface area contributed by atoms with Crippen LogP contribution < -0.4 is 4.74 Å². The monoisotopic (exact) mass is 218 g/mol. The molecule has 0 saturated carbocycles. The molecular weight excluding hydrogens is 204 g/mol. The van der Waals surface area contributed by atoms with Crippen molar-refractivity contribution in [1.82, 2.24) is 9.55 Å². The van der Waals surface area contributed by atoms with E-state index in [0.717, 1.165) is 17.0 Å². The lowest BCUT2D eigenvalue weighted by atomic mass is 10.2. The second-order valence-corrected chi connectivity index (χ2v) is 3.52. The van der Waals surface area contributed by atoms with Crippen molar-refractivity contribution in [2.75, 3.05) is 7.11 Å². The predicted molar refractivity (Wildman–Crippen MR) is 60.2 cm³/mol. The summed E-state index contributed by atoms with van der Waals surface area (Å²) in [4.78, 5) is 4.00. The third-order valence-electron chi connectivity index (χ3n) is 2.47. The van der Waals surface area contributed by atoms with Gasteiger partial charge in [0.05, 0.1) is 31.9 Å². The van der Waals surface area contributed by atoms with Crippen molar-refractivity contribution in [3.05, 3.63) is 48.0 Å². The summed E-state index contributed by atoms with van der Waals surface area (Å²) < 4.78 is 7.01. The summed E-state index contributed by atoms with van der Waals surface area (Å²) in [5, 5.41) is 9.09. The van der Waals surface area contributed by atoms with E-state index >= 15 is 0 Å². The SMILES string of the molecule is COc1ccc(Cn2cncc2CO)cc1. The fourth-order valence-corrected chi connectivity index (χ4v) is 1.55. The molecule has 0 radical (unpaired) electrons. The van der Waals surface area contributed by atoms with E-state index in [1.54, 1.807) is 19.6 Å². The molecule has 0 bridgehead atoms. The first-order valence-electron chi connectivity index (χ1n) is 5.06. The Labute approximate surface area is 94.1 Å². The number of aliphatic hydroxyl groups excluding tert-OH is 1. The summed E-state index contributed by atoms with van der Waals surface area (Å²) >= 11 is 0. The Morgan fingerprint density at radius 1 is 1.31 bits per heavy atom. The van der Waals surface area contributed by atoms with E-state index < -0.39 is 0 Å². The number of aromatic nitrogens is 2. The smallest absolute Gasteiger partial charge is 0.118 e. The quantitative estimate of drug-likeness (QED) is 0.844. The van der Waals surface area contributed by atoms with E-state index in [4.69, 9.17) is 9.84 Å². The van der Waals surface area contributed by atoms with Gasteiger partial charge in [-0.3, -0.25) is 0 Å². The number of benzene rings is 1. The molecule has 0 aliphatic rings. The zero-order valence-electron chi connectivity index (χ0n) is 9.13. The van der Waals surface area contributed by atoms with E-state index in [1.807, 2.05) is 28.8 Å². The van der Waals surface area contributed by atoms with Gasteiger partial charge in [0.25, 0.3) is 0 Å². The lowest BCUT2D eigenvalue weighted by Crippen LogP contribution is -2.02. The third-order valence-corrected chi connectivity index (χ3v) is 2.47. The van der Waals surface area contributed by atoms with Gasteiger partial charge in [0.1, 0.15) is 5.75 Å². The van der Waals surface area contributed by atoms with E-state index in [0.29, 0.717) is 6.54 Å². The standard InChI is InChI=1S/C12H14N2O2/c1-16-12-4-2-10(3-5-12)7-14-9-13-6-11(14)8-15/h2-6,9,15H,7-8H2,1H3. The molecular formula is C12H14N2O2. The highest BCUT2D eigenvalue weighted by Crippen LogP contribution is 2.13. The van der Waals surface area contributed by atoms with Gasteiger partial charge < -0.3 is 14.4 Å². The molecule has 16 heavy (non-hydrogen) atoms. The summed E-state index contributed by atoms with van der Waals surface area (Å²) in [6.07, 6.45) is 3.39. The zero-order chi connectivity index (χ0) is 11.4. The topological polar surface area (TPSA) is 47.3 Å². The summed E-state index contributed by atoms with van der Waals surface area (Å²) in [5.74, 6) is 0.844. The lowest BCUT2D eigenvalue weighted by Gasteiger charge is -2.07. The van der Waals surface area contributed by atoms with Crippen LogP contribution in [0.25, 0.3) is 0 Å². The molecule has 1 N–H and O–H groups in total. The van der Waals surface area contributed by atoms with Crippen LogP contribution >= 0.6 is 0 Å². The van der Waals surface area contributed by atoms with E-state index in [2.05, 4.69) is 4.98 Å². The van der Waals surface area contributed by atoms with E-state index in [9.17, 15) is 0 Å².